The first kappa shape index (κ1) is 12.1. The number of piperazine rings is 3. The minimum absolute atomic E-state index is 0.225. The van der Waals surface area contributed by atoms with E-state index in [0.717, 1.165) is 19.5 Å². The molecule has 0 radical (unpaired) electrons. The summed E-state index contributed by atoms with van der Waals surface area (Å²) in [5.41, 5.74) is 7.68. The van der Waals surface area contributed by atoms with Crippen LogP contribution in [0.3, 0.4) is 0 Å². The van der Waals surface area contributed by atoms with E-state index in [1.54, 1.807) is 0 Å². The molecule has 3 fully saturated rings. The van der Waals surface area contributed by atoms with E-state index in [0.29, 0.717) is 6.04 Å². The van der Waals surface area contributed by atoms with Crippen LogP contribution in [0.1, 0.15) is 12.5 Å². The molecule has 5 nitrogen and oxygen atoms in total. The third-order valence-corrected chi connectivity index (χ3v) is 4.30. The lowest BCUT2D eigenvalue weighted by atomic mass is 9.96. The van der Waals surface area contributed by atoms with Crippen molar-refractivity contribution in [3.05, 3.63) is 18.0 Å². The van der Waals surface area contributed by atoms with Gasteiger partial charge in [-0.1, -0.05) is 0 Å². The molecular weight excluding hydrogens is 226 g/mol. The van der Waals surface area contributed by atoms with Gasteiger partial charge in [0.05, 0.1) is 6.20 Å². The lowest BCUT2D eigenvalue weighted by molar-refractivity contribution is 0.00258. The molecule has 4 heterocycles. The standard InChI is InChI=1S/C13H23N5/c1-2-18-9-11(8-15-18)7-12(14)13-10-16-3-5-17(13)6-4-16/h8-9,12-13H,2-7,10,14H2,1H3. The van der Waals surface area contributed by atoms with Gasteiger partial charge in [0.1, 0.15) is 0 Å². The monoisotopic (exact) mass is 249 g/mol. The summed E-state index contributed by atoms with van der Waals surface area (Å²) < 4.78 is 1.97. The van der Waals surface area contributed by atoms with Gasteiger partial charge < -0.3 is 5.73 Å². The van der Waals surface area contributed by atoms with Crippen molar-refractivity contribution in [2.24, 2.45) is 5.73 Å². The second-order valence-corrected chi connectivity index (χ2v) is 5.48. The van der Waals surface area contributed by atoms with Gasteiger partial charge in [0.2, 0.25) is 0 Å². The summed E-state index contributed by atoms with van der Waals surface area (Å²) in [7, 11) is 0. The van der Waals surface area contributed by atoms with Crippen LogP contribution in [0.4, 0.5) is 0 Å². The van der Waals surface area contributed by atoms with Crippen molar-refractivity contribution in [2.75, 3.05) is 32.7 Å². The molecule has 100 valence electrons. The molecule has 2 atom stereocenters. The zero-order valence-electron chi connectivity index (χ0n) is 11.1. The topological polar surface area (TPSA) is 50.3 Å². The van der Waals surface area contributed by atoms with E-state index in [-0.39, 0.29) is 6.04 Å². The van der Waals surface area contributed by atoms with E-state index in [9.17, 15) is 0 Å². The van der Waals surface area contributed by atoms with E-state index < -0.39 is 0 Å². The van der Waals surface area contributed by atoms with Gasteiger partial charge in [0, 0.05) is 57.5 Å². The van der Waals surface area contributed by atoms with Crippen molar-refractivity contribution < 1.29 is 0 Å². The summed E-state index contributed by atoms with van der Waals surface area (Å²) >= 11 is 0. The maximum atomic E-state index is 6.41. The predicted molar refractivity (Wildman–Crippen MR) is 71.4 cm³/mol. The molecule has 5 heteroatoms. The molecule has 2 N–H and O–H groups in total. The van der Waals surface area contributed by atoms with Crippen LogP contribution < -0.4 is 5.73 Å². The van der Waals surface area contributed by atoms with Crippen molar-refractivity contribution in [3.8, 4) is 0 Å². The number of nitrogens with two attached hydrogens (primary N) is 1. The Bertz CT molecular complexity index is 394. The molecule has 0 spiro atoms. The van der Waals surface area contributed by atoms with E-state index in [1.807, 2.05) is 10.9 Å². The van der Waals surface area contributed by atoms with E-state index >= 15 is 0 Å². The SMILES string of the molecule is CCn1cc(CC(N)C2CN3CCN2CC3)cn1. The number of aryl methyl sites for hydroxylation is 1. The van der Waals surface area contributed by atoms with Crippen LogP contribution in [0.5, 0.6) is 0 Å². The second kappa shape index (κ2) is 4.99. The summed E-state index contributed by atoms with van der Waals surface area (Å²) in [6, 6.07) is 0.750. The molecule has 18 heavy (non-hydrogen) atoms. The normalized spacial score (nSPS) is 32.7. The van der Waals surface area contributed by atoms with Crippen LogP contribution in [-0.4, -0.2) is 64.4 Å². The fourth-order valence-electron chi connectivity index (χ4n) is 3.16. The van der Waals surface area contributed by atoms with Crippen molar-refractivity contribution in [3.63, 3.8) is 0 Å². The van der Waals surface area contributed by atoms with Crippen LogP contribution in [0, 0.1) is 0 Å². The summed E-state index contributed by atoms with van der Waals surface area (Å²) in [5, 5.41) is 4.32. The number of fused-ring (bicyclic) bond motifs is 3. The summed E-state index contributed by atoms with van der Waals surface area (Å²) in [6.45, 7) is 8.99. The highest BCUT2D eigenvalue weighted by molar-refractivity contribution is 5.08. The Balaban J connectivity index is 1.62. The Morgan fingerprint density at radius 2 is 2.17 bits per heavy atom. The van der Waals surface area contributed by atoms with Crippen molar-refractivity contribution >= 4 is 0 Å². The molecule has 0 aromatic carbocycles. The van der Waals surface area contributed by atoms with Crippen LogP contribution in [0.15, 0.2) is 12.4 Å². The minimum atomic E-state index is 0.225. The van der Waals surface area contributed by atoms with Gasteiger partial charge in [-0.3, -0.25) is 14.5 Å². The maximum absolute atomic E-state index is 6.41. The van der Waals surface area contributed by atoms with Crippen LogP contribution in [-0.2, 0) is 13.0 Å². The maximum Gasteiger partial charge on any atom is 0.0522 e. The molecule has 0 saturated carbocycles. The first-order chi connectivity index (χ1) is 8.76. The Hall–Kier alpha value is -0.910. The molecule has 4 rings (SSSR count). The van der Waals surface area contributed by atoms with Crippen molar-refractivity contribution in [2.45, 2.75) is 32.0 Å². The number of hydrogen-bond acceptors (Lipinski definition) is 4. The highest BCUT2D eigenvalue weighted by atomic mass is 15.3. The van der Waals surface area contributed by atoms with Gasteiger partial charge in [-0.2, -0.15) is 5.10 Å². The molecule has 0 aliphatic carbocycles. The van der Waals surface area contributed by atoms with Gasteiger partial charge >= 0.3 is 0 Å². The van der Waals surface area contributed by atoms with Crippen molar-refractivity contribution in [1.29, 1.82) is 0 Å². The third-order valence-electron chi connectivity index (χ3n) is 4.30. The average Bonchev–Trinajstić information content (AvgIpc) is 2.87. The molecule has 2 bridgehead atoms. The predicted octanol–water partition coefficient (Wildman–Crippen LogP) is -0.227. The summed E-state index contributed by atoms with van der Waals surface area (Å²) in [4.78, 5) is 5.11. The largest absolute Gasteiger partial charge is 0.326 e. The molecule has 1 aromatic heterocycles. The Labute approximate surface area is 109 Å². The fraction of sp³-hybridized carbons (Fsp3) is 0.769. The van der Waals surface area contributed by atoms with Crippen LogP contribution in [0.25, 0.3) is 0 Å². The summed E-state index contributed by atoms with van der Waals surface area (Å²) in [5.74, 6) is 0. The smallest absolute Gasteiger partial charge is 0.0522 e. The lowest BCUT2D eigenvalue weighted by Crippen LogP contribution is -2.66. The highest BCUT2D eigenvalue weighted by Gasteiger charge is 2.35. The number of rotatable bonds is 4. The van der Waals surface area contributed by atoms with Gasteiger partial charge in [-0.15, -0.1) is 0 Å². The zero-order chi connectivity index (χ0) is 12.5. The number of hydrogen-bond donors (Lipinski definition) is 1. The quantitative estimate of drug-likeness (QED) is 0.801. The zero-order valence-corrected chi connectivity index (χ0v) is 11.1. The molecule has 0 amide bonds. The van der Waals surface area contributed by atoms with E-state index in [2.05, 4.69) is 28.0 Å². The van der Waals surface area contributed by atoms with Crippen LogP contribution in [0.2, 0.25) is 0 Å². The van der Waals surface area contributed by atoms with Crippen LogP contribution >= 0.6 is 0 Å². The molecule has 2 unspecified atom stereocenters. The van der Waals surface area contributed by atoms with E-state index in [1.165, 1.54) is 31.7 Å². The molecular formula is C13H23N5. The first-order valence-electron chi connectivity index (χ1n) is 6.99. The first-order valence-corrected chi connectivity index (χ1v) is 6.99. The molecule has 3 aliphatic rings. The minimum Gasteiger partial charge on any atom is -0.326 e. The Morgan fingerprint density at radius 1 is 1.39 bits per heavy atom. The van der Waals surface area contributed by atoms with Gasteiger partial charge in [0.25, 0.3) is 0 Å². The third kappa shape index (κ3) is 2.30. The summed E-state index contributed by atoms with van der Waals surface area (Å²) in [6.07, 6.45) is 5.02. The van der Waals surface area contributed by atoms with Gasteiger partial charge in [-0.25, -0.2) is 0 Å². The second-order valence-electron chi connectivity index (χ2n) is 5.48. The number of aromatic nitrogens is 2. The molecule has 3 saturated heterocycles. The van der Waals surface area contributed by atoms with Crippen molar-refractivity contribution in [1.82, 2.24) is 19.6 Å². The Kier molecular flexibility index (Phi) is 3.37. The van der Waals surface area contributed by atoms with Gasteiger partial charge in [0.15, 0.2) is 0 Å². The molecule has 1 aromatic rings. The lowest BCUT2D eigenvalue weighted by Gasteiger charge is -2.49. The van der Waals surface area contributed by atoms with Gasteiger partial charge in [-0.05, 0) is 18.9 Å². The average molecular weight is 249 g/mol. The Morgan fingerprint density at radius 3 is 2.72 bits per heavy atom. The molecule has 3 aliphatic heterocycles. The van der Waals surface area contributed by atoms with E-state index in [4.69, 9.17) is 5.73 Å². The highest BCUT2D eigenvalue weighted by Crippen LogP contribution is 2.19. The number of nitrogens with zero attached hydrogens (tertiary/aromatic N) is 4. The fourth-order valence-corrected chi connectivity index (χ4v) is 3.16.